The van der Waals surface area contributed by atoms with Gasteiger partial charge >= 0.3 is 5.97 Å². The van der Waals surface area contributed by atoms with Crippen molar-refractivity contribution in [3.63, 3.8) is 0 Å². The summed E-state index contributed by atoms with van der Waals surface area (Å²) in [6, 6.07) is 0. The van der Waals surface area contributed by atoms with Crippen LogP contribution in [0.15, 0.2) is 0 Å². The summed E-state index contributed by atoms with van der Waals surface area (Å²) in [4.78, 5) is 11.8. The van der Waals surface area contributed by atoms with Gasteiger partial charge in [0.1, 0.15) is 18.3 Å². The zero-order valence-electron chi connectivity index (χ0n) is 14.2. The Labute approximate surface area is 138 Å². The van der Waals surface area contributed by atoms with Gasteiger partial charge in [0.05, 0.1) is 13.2 Å². The molecule has 0 spiro atoms. The molecule has 0 bridgehead atoms. The van der Waals surface area contributed by atoms with E-state index in [4.69, 9.17) is 9.47 Å². The molecule has 4 atom stereocenters. The van der Waals surface area contributed by atoms with Gasteiger partial charge in [0, 0.05) is 6.42 Å². The predicted molar refractivity (Wildman–Crippen MR) is 85.9 cm³/mol. The topological polar surface area (TPSA) is 96.2 Å². The van der Waals surface area contributed by atoms with E-state index >= 15 is 0 Å². The maximum Gasteiger partial charge on any atom is 0.306 e. The first-order chi connectivity index (χ1) is 11.1. The average Bonchev–Trinajstić information content (AvgIpc) is 2.87. The second-order valence-corrected chi connectivity index (χ2v) is 6.29. The Morgan fingerprint density at radius 3 is 2.26 bits per heavy atom. The van der Waals surface area contributed by atoms with Crippen LogP contribution in [0.1, 0.15) is 64.7 Å². The van der Waals surface area contributed by atoms with Crippen molar-refractivity contribution in [1.82, 2.24) is 0 Å². The fourth-order valence-electron chi connectivity index (χ4n) is 2.79. The molecule has 1 saturated heterocycles. The number of hydrogen-bond donors (Lipinski definition) is 3. The lowest BCUT2D eigenvalue weighted by atomic mass is 10.1. The predicted octanol–water partition coefficient (Wildman–Crippen LogP) is 1.54. The molecular formula is C17H32O6. The van der Waals surface area contributed by atoms with Crippen LogP contribution < -0.4 is 0 Å². The highest BCUT2D eigenvalue weighted by molar-refractivity contribution is 5.69. The quantitative estimate of drug-likeness (QED) is 0.371. The smallest absolute Gasteiger partial charge is 0.306 e. The Morgan fingerprint density at radius 1 is 1.13 bits per heavy atom. The van der Waals surface area contributed by atoms with E-state index < -0.39 is 37.0 Å². The molecule has 0 aromatic carbocycles. The van der Waals surface area contributed by atoms with Gasteiger partial charge in [-0.3, -0.25) is 4.79 Å². The third-order valence-corrected chi connectivity index (χ3v) is 4.25. The Balaban J connectivity index is 2.12. The van der Waals surface area contributed by atoms with Crippen molar-refractivity contribution >= 4 is 5.97 Å². The maximum atomic E-state index is 11.8. The molecule has 23 heavy (non-hydrogen) atoms. The molecule has 0 amide bonds. The van der Waals surface area contributed by atoms with Gasteiger partial charge in [-0.05, 0) is 6.42 Å². The lowest BCUT2D eigenvalue weighted by Crippen LogP contribution is -2.43. The van der Waals surface area contributed by atoms with Gasteiger partial charge in [-0.15, -0.1) is 0 Å². The number of carbonyl (C=O) groups excluding carboxylic acids is 1. The molecule has 0 aliphatic carbocycles. The third-order valence-electron chi connectivity index (χ3n) is 4.25. The number of rotatable bonds is 12. The summed E-state index contributed by atoms with van der Waals surface area (Å²) in [6.07, 6.45) is 5.53. The highest BCUT2D eigenvalue weighted by atomic mass is 16.6. The Bertz CT molecular complexity index is 322. The average molecular weight is 332 g/mol. The minimum atomic E-state index is -1.14. The normalized spacial score (nSPS) is 25.5. The van der Waals surface area contributed by atoms with Gasteiger partial charge in [0.15, 0.2) is 6.10 Å². The third kappa shape index (κ3) is 7.61. The Morgan fingerprint density at radius 2 is 1.74 bits per heavy atom. The van der Waals surface area contributed by atoms with Gasteiger partial charge in [-0.2, -0.15) is 0 Å². The van der Waals surface area contributed by atoms with Crippen LogP contribution in [0.4, 0.5) is 0 Å². The monoisotopic (exact) mass is 332 g/mol. The van der Waals surface area contributed by atoms with Crippen molar-refractivity contribution in [1.29, 1.82) is 0 Å². The van der Waals surface area contributed by atoms with Gasteiger partial charge < -0.3 is 24.8 Å². The van der Waals surface area contributed by atoms with E-state index in [2.05, 4.69) is 6.92 Å². The standard InChI is InChI=1S/C17H32O6/c1-2-3-4-5-6-7-8-9-10-15(20)23-14(11-18)17-16(21)13(19)12-22-17/h13-14,16-19,21H,2-12H2,1H3/t13-,14?,16-,17?/m1/s1. The number of esters is 1. The fourth-order valence-corrected chi connectivity index (χ4v) is 2.79. The molecule has 3 N–H and O–H groups in total. The van der Waals surface area contributed by atoms with Crippen molar-refractivity contribution in [2.24, 2.45) is 0 Å². The summed E-state index contributed by atoms with van der Waals surface area (Å²) < 4.78 is 10.4. The molecule has 6 nitrogen and oxygen atoms in total. The second kappa shape index (κ2) is 11.8. The van der Waals surface area contributed by atoms with E-state index in [-0.39, 0.29) is 6.61 Å². The molecule has 0 radical (unpaired) electrons. The first-order valence-electron chi connectivity index (χ1n) is 8.88. The highest BCUT2D eigenvalue weighted by Gasteiger charge is 2.41. The van der Waals surface area contributed by atoms with Crippen LogP contribution in [0.25, 0.3) is 0 Å². The van der Waals surface area contributed by atoms with E-state index in [1.54, 1.807) is 0 Å². The fraction of sp³-hybridized carbons (Fsp3) is 0.941. The summed E-state index contributed by atoms with van der Waals surface area (Å²) in [5, 5.41) is 28.5. The van der Waals surface area contributed by atoms with Crippen molar-refractivity contribution in [3.8, 4) is 0 Å². The molecule has 136 valence electrons. The number of hydrogen-bond acceptors (Lipinski definition) is 6. The van der Waals surface area contributed by atoms with Crippen LogP contribution in [0, 0.1) is 0 Å². The van der Waals surface area contributed by atoms with Gasteiger partial charge in [-0.25, -0.2) is 0 Å². The van der Waals surface area contributed by atoms with Crippen LogP contribution in [-0.4, -0.2) is 58.9 Å². The second-order valence-electron chi connectivity index (χ2n) is 6.29. The minimum Gasteiger partial charge on any atom is -0.457 e. The van der Waals surface area contributed by atoms with Crippen molar-refractivity contribution < 1.29 is 29.6 Å². The molecular weight excluding hydrogens is 300 g/mol. The summed E-state index contributed by atoms with van der Waals surface area (Å²) in [6.45, 7) is 1.75. The highest BCUT2D eigenvalue weighted by Crippen LogP contribution is 2.20. The summed E-state index contributed by atoms with van der Waals surface area (Å²) in [7, 11) is 0. The molecule has 1 fully saturated rings. The number of aliphatic hydroxyl groups is 3. The van der Waals surface area contributed by atoms with E-state index in [0.717, 1.165) is 19.3 Å². The lowest BCUT2D eigenvalue weighted by molar-refractivity contribution is -0.162. The molecule has 0 saturated carbocycles. The molecule has 0 aromatic rings. The van der Waals surface area contributed by atoms with Crippen LogP contribution in [0.2, 0.25) is 0 Å². The number of carbonyl (C=O) groups is 1. The first-order valence-corrected chi connectivity index (χ1v) is 8.88. The first kappa shape index (κ1) is 20.4. The van der Waals surface area contributed by atoms with Crippen molar-refractivity contribution in [2.75, 3.05) is 13.2 Å². The Kier molecular flexibility index (Phi) is 10.4. The molecule has 0 aromatic heterocycles. The number of unbranched alkanes of at least 4 members (excludes halogenated alkanes) is 7. The Hall–Kier alpha value is -0.690. The van der Waals surface area contributed by atoms with Crippen molar-refractivity contribution in [3.05, 3.63) is 0 Å². The lowest BCUT2D eigenvalue weighted by Gasteiger charge is -2.24. The molecule has 6 heteroatoms. The zero-order valence-corrected chi connectivity index (χ0v) is 14.2. The number of aliphatic hydroxyl groups excluding tert-OH is 3. The SMILES string of the molecule is CCCCCCCCCCC(=O)OC(CO)C1OC[C@@H](O)[C@H]1O. The van der Waals surface area contributed by atoms with E-state index in [1.165, 1.54) is 32.1 Å². The van der Waals surface area contributed by atoms with Crippen LogP contribution >= 0.6 is 0 Å². The molecule has 1 aliphatic heterocycles. The van der Waals surface area contributed by atoms with Crippen LogP contribution in [0.3, 0.4) is 0 Å². The molecule has 2 unspecified atom stereocenters. The summed E-state index contributed by atoms with van der Waals surface area (Å²) >= 11 is 0. The van der Waals surface area contributed by atoms with Gasteiger partial charge in [0.2, 0.25) is 0 Å². The van der Waals surface area contributed by atoms with E-state index in [1.807, 2.05) is 0 Å². The van der Waals surface area contributed by atoms with Gasteiger partial charge in [-0.1, -0.05) is 51.9 Å². The summed E-state index contributed by atoms with van der Waals surface area (Å²) in [5.41, 5.74) is 0. The largest absolute Gasteiger partial charge is 0.457 e. The molecule has 1 rings (SSSR count). The van der Waals surface area contributed by atoms with E-state index in [9.17, 15) is 20.1 Å². The molecule has 1 aliphatic rings. The van der Waals surface area contributed by atoms with Crippen molar-refractivity contribution in [2.45, 2.75) is 89.1 Å². The maximum absolute atomic E-state index is 11.8. The zero-order chi connectivity index (χ0) is 17.1. The summed E-state index contributed by atoms with van der Waals surface area (Å²) in [5.74, 6) is -0.396. The minimum absolute atomic E-state index is 0.0160. The van der Waals surface area contributed by atoms with Crippen LogP contribution in [0.5, 0.6) is 0 Å². The molecule has 1 heterocycles. The van der Waals surface area contributed by atoms with Gasteiger partial charge in [0.25, 0.3) is 0 Å². The van der Waals surface area contributed by atoms with E-state index in [0.29, 0.717) is 6.42 Å². The number of ether oxygens (including phenoxy) is 2. The van der Waals surface area contributed by atoms with Crippen LogP contribution in [-0.2, 0) is 14.3 Å².